The fraction of sp³-hybridized carbons (Fsp3) is 0.273. The number of benzene rings is 2. The summed E-state index contributed by atoms with van der Waals surface area (Å²) in [5.74, 6) is -1.83. The molecule has 4 aromatic rings. The topological polar surface area (TPSA) is 79.6 Å². The first kappa shape index (κ1) is 23.1. The number of nitrogens with zero attached hydrogens (tertiary/aromatic N) is 4. The van der Waals surface area contributed by atoms with E-state index in [4.69, 9.17) is 0 Å². The second kappa shape index (κ2) is 9.46. The van der Waals surface area contributed by atoms with Crippen molar-refractivity contribution in [2.75, 3.05) is 31.1 Å². The molecule has 0 bridgehead atoms. The summed E-state index contributed by atoms with van der Waals surface area (Å²) in [4.78, 5) is 32.4. The van der Waals surface area contributed by atoms with Crippen LogP contribution in [-0.4, -0.2) is 46.9 Å². The van der Waals surface area contributed by atoms with E-state index in [2.05, 4.69) is 9.88 Å². The zero-order chi connectivity index (χ0) is 23.7. The molecule has 33 heavy (non-hydrogen) atoms. The second-order valence-electron chi connectivity index (χ2n) is 7.30. The van der Waals surface area contributed by atoms with Gasteiger partial charge < -0.3 is 4.90 Å². The summed E-state index contributed by atoms with van der Waals surface area (Å²) in [6.07, 6.45) is 0. The van der Waals surface area contributed by atoms with Gasteiger partial charge in [-0.25, -0.2) is 13.8 Å². The third-order valence-electron chi connectivity index (χ3n) is 5.33. The molecule has 0 aliphatic rings. The van der Waals surface area contributed by atoms with Crippen LogP contribution in [0.5, 0.6) is 0 Å². The van der Waals surface area contributed by atoms with Crippen LogP contribution in [0.1, 0.15) is 23.5 Å². The molecule has 0 saturated heterocycles. The van der Waals surface area contributed by atoms with Gasteiger partial charge >= 0.3 is 0 Å². The number of non-ortho nitro benzene ring substituents is 1. The first-order valence-electron chi connectivity index (χ1n) is 10.3. The zero-order valence-electron chi connectivity index (χ0n) is 17.9. The quantitative estimate of drug-likeness (QED) is 0.234. The minimum absolute atomic E-state index is 0.0176. The molecule has 0 aliphatic heterocycles. The monoisotopic (exact) mass is 490 g/mol. The first-order valence-corrected chi connectivity index (χ1v) is 11.9. The summed E-state index contributed by atoms with van der Waals surface area (Å²) in [6.45, 7) is 6.50. The van der Waals surface area contributed by atoms with E-state index in [1.54, 1.807) is 12.1 Å². The highest BCUT2D eigenvalue weighted by atomic mass is 32.1. The van der Waals surface area contributed by atoms with E-state index >= 15 is 0 Å². The number of carbonyl (C=O) groups excluding carboxylic acids is 1. The second-order valence-corrected chi connectivity index (χ2v) is 9.40. The molecule has 11 heteroatoms. The Morgan fingerprint density at radius 2 is 1.82 bits per heavy atom. The van der Waals surface area contributed by atoms with Crippen LogP contribution in [0.25, 0.3) is 20.3 Å². The van der Waals surface area contributed by atoms with Crippen LogP contribution in [0.2, 0.25) is 0 Å². The third-order valence-corrected chi connectivity index (χ3v) is 7.46. The maximum atomic E-state index is 14.3. The molecule has 0 spiro atoms. The van der Waals surface area contributed by atoms with Crippen LogP contribution >= 0.6 is 22.7 Å². The maximum absolute atomic E-state index is 14.3. The Balaban J connectivity index is 1.74. The van der Waals surface area contributed by atoms with Crippen molar-refractivity contribution in [2.45, 2.75) is 13.8 Å². The van der Waals surface area contributed by atoms with Gasteiger partial charge in [-0.05, 0) is 31.3 Å². The Bertz CT molecular complexity index is 1350. The summed E-state index contributed by atoms with van der Waals surface area (Å²) in [5, 5.41) is 12.0. The van der Waals surface area contributed by atoms with Crippen molar-refractivity contribution in [1.29, 1.82) is 0 Å². The molecule has 2 aromatic carbocycles. The summed E-state index contributed by atoms with van der Waals surface area (Å²) < 4.78 is 29.0. The molecule has 0 saturated carbocycles. The number of anilines is 1. The average Bonchev–Trinajstić information content (AvgIpc) is 3.40. The number of hydrogen-bond donors (Lipinski definition) is 0. The lowest BCUT2D eigenvalue weighted by Crippen LogP contribution is -2.38. The van der Waals surface area contributed by atoms with E-state index in [-0.39, 0.29) is 22.2 Å². The molecule has 2 aromatic heterocycles. The van der Waals surface area contributed by atoms with Gasteiger partial charge in [-0.2, -0.15) is 0 Å². The smallest absolute Gasteiger partial charge is 0.270 e. The number of amides is 1. The van der Waals surface area contributed by atoms with Crippen LogP contribution in [0.4, 0.5) is 19.6 Å². The summed E-state index contributed by atoms with van der Waals surface area (Å²) >= 11 is 2.27. The summed E-state index contributed by atoms with van der Waals surface area (Å²) in [5.41, 5.74) is -0.0367. The molecule has 0 atom stereocenters. The van der Waals surface area contributed by atoms with Crippen LogP contribution < -0.4 is 4.90 Å². The Hall–Kier alpha value is -3.02. The molecule has 2 heterocycles. The summed E-state index contributed by atoms with van der Waals surface area (Å²) in [6, 6.07) is 8.03. The third kappa shape index (κ3) is 4.70. The largest absolute Gasteiger partial charge is 0.302 e. The number of carbonyl (C=O) groups is 1. The van der Waals surface area contributed by atoms with Crippen LogP contribution in [0.3, 0.4) is 0 Å². The fourth-order valence-electron chi connectivity index (χ4n) is 3.51. The number of nitro groups is 1. The molecule has 0 fully saturated rings. The van der Waals surface area contributed by atoms with Crippen molar-refractivity contribution in [1.82, 2.24) is 9.88 Å². The van der Waals surface area contributed by atoms with E-state index in [0.29, 0.717) is 28.1 Å². The predicted molar refractivity (Wildman–Crippen MR) is 127 cm³/mol. The normalized spacial score (nSPS) is 11.5. The lowest BCUT2D eigenvalue weighted by Gasteiger charge is -2.24. The van der Waals surface area contributed by atoms with Crippen molar-refractivity contribution in [3.05, 3.63) is 63.0 Å². The van der Waals surface area contributed by atoms with E-state index in [0.717, 1.165) is 35.2 Å². The SMILES string of the molecule is CCN(CC)CCN(C(=O)c1cc2cc([N+](=O)[O-])ccc2s1)c1nc2c(F)cc(F)cc2s1. The molecule has 7 nitrogen and oxygen atoms in total. The number of thiazole rings is 1. The number of thiophene rings is 1. The molecule has 0 radical (unpaired) electrons. The minimum Gasteiger partial charge on any atom is -0.302 e. The van der Waals surface area contributed by atoms with Gasteiger partial charge in [-0.1, -0.05) is 25.2 Å². The van der Waals surface area contributed by atoms with Crippen LogP contribution in [0.15, 0.2) is 36.4 Å². The number of nitro benzene ring substituents is 1. The minimum atomic E-state index is -0.780. The van der Waals surface area contributed by atoms with Gasteiger partial charge in [0.25, 0.3) is 11.6 Å². The zero-order valence-corrected chi connectivity index (χ0v) is 19.5. The van der Waals surface area contributed by atoms with Gasteiger partial charge in [0.2, 0.25) is 0 Å². The van der Waals surface area contributed by atoms with Crippen LogP contribution in [-0.2, 0) is 0 Å². The highest BCUT2D eigenvalue weighted by molar-refractivity contribution is 7.23. The van der Waals surface area contributed by atoms with E-state index in [1.165, 1.54) is 34.4 Å². The van der Waals surface area contributed by atoms with Crippen LogP contribution in [0, 0.1) is 21.7 Å². The molecular weight excluding hydrogens is 470 g/mol. The fourth-order valence-corrected chi connectivity index (χ4v) is 5.53. The van der Waals surface area contributed by atoms with Gasteiger partial charge in [-0.15, -0.1) is 11.3 Å². The lowest BCUT2D eigenvalue weighted by atomic mass is 10.2. The molecule has 1 amide bonds. The van der Waals surface area contributed by atoms with Gasteiger partial charge in [0.15, 0.2) is 10.9 Å². The number of halogens is 2. The molecule has 0 aliphatic carbocycles. The van der Waals surface area contributed by atoms with Crippen molar-refractivity contribution >= 4 is 59.7 Å². The number of likely N-dealkylation sites (N-methyl/N-ethyl adjacent to an activating group) is 1. The van der Waals surface area contributed by atoms with Gasteiger partial charge in [0.1, 0.15) is 11.3 Å². The van der Waals surface area contributed by atoms with Gasteiger partial charge in [0.05, 0.1) is 14.5 Å². The van der Waals surface area contributed by atoms with Crippen molar-refractivity contribution < 1.29 is 18.5 Å². The molecule has 172 valence electrons. The first-order chi connectivity index (χ1) is 15.8. The maximum Gasteiger partial charge on any atom is 0.270 e. The Morgan fingerprint density at radius 1 is 1.06 bits per heavy atom. The number of rotatable bonds is 8. The number of hydrogen-bond acceptors (Lipinski definition) is 7. The van der Waals surface area contributed by atoms with Gasteiger partial charge in [0, 0.05) is 41.4 Å². The highest BCUT2D eigenvalue weighted by Gasteiger charge is 2.25. The van der Waals surface area contributed by atoms with Crippen molar-refractivity contribution in [3.8, 4) is 0 Å². The van der Waals surface area contributed by atoms with E-state index < -0.39 is 16.6 Å². The standard InChI is InChI=1S/C22H20F2N4O3S2/c1-3-26(4-2)7-8-27(22-25-20-16(24)11-14(23)12-18(20)33-22)21(29)19-10-13-9-15(28(30)31)5-6-17(13)32-19/h5-6,9-12H,3-4,7-8H2,1-2H3. The molecular formula is C22H20F2N4O3S2. The molecule has 0 N–H and O–H groups in total. The predicted octanol–water partition coefficient (Wildman–Crippen LogP) is 5.69. The molecule has 4 rings (SSSR count). The Morgan fingerprint density at radius 3 is 2.52 bits per heavy atom. The van der Waals surface area contributed by atoms with E-state index in [9.17, 15) is 23.7 Å². The average molecular weight is 491 g/mol. The van der Waals surface area contributed by atoms with Crippen molar-refractivity contribution in [3.63, 3.8) is 0 Å². The molecule has 0 unspecified atom stereocenters. The lowest BCUT2D eigenvalue weighted by molar-refractivity contribution is -0.384. The van der Waals surface area contributed by atoms with Gasteiger partial charge in [-0.3, -0.25) is 19.8 Å². The summed E-state index contributed by atoms with van der Waals surface area (Å²) in [7, 11) is 0. The Labute approximate surface area is 196 Å². The van der Waals surface area contributed by atoms with Crippen molar-refractivity contribution in [2.24, 2.45) is 0 Å². The highest BCUT2D eigenvalue weighted by Crippen LogP contribution is 2.34. The Kier molecular flexibility index (Phi) is 6.63. The number of aromatic nitrogens is 1. The number of fused-ring (bicyclic) bond motifs is 2. The van der Waals surface area contributed by atoms with E-state index in [1.807, 2.05) is 13.8 Å².